The molecule has 0 atom stereocenters. The van der Waals surface area contributed by atoms with Crippen LogP contribution in [-0.4, -0.2) is 23.3 Å². The number of amides is 2. The maximum atomic E-state index is 11.9. The molecule has 1 aliphatic rings. The number of carbonyl (C=O) groups excluding carboxylic acids is 2. The monoisotopic (exact) mass is 270 g/mol. The first kappa shape index (κ1) is 14.3. The van der Waals surface area contributed by atoms with Crippen LogP contribution in [0.25, 0.3) is 0 Å². The number of hydrogen-bond donors (Lipinski definition) is 1. The number of hydrogen-bond acceptors (Lipinski definition) is 3. The summed E-state index contributed by atoms with van der Waals surface area (Å²) < 4.78 is 0. The van der Waals surface area contributed by atoms with E-state index in [0.29, 0.717) is 25.9 Å². The third-order valence-corrected chi connectivity index (χ3v) is 3.26. The number of imide groups is 1. The van der Waals surface area contributed by atoms with Crippen molar-refractivity contribution < 1.29 is 9.59 Å². The highest BCUT2D eigenvalue weighted by Gasteiger charge is 2.23. The van der Waals surface area contributed by atoms with Gasteiger partial charge < -0.3 is 5.73 Å². The maximum Gasteiger partial charge on any atom is 0.229 e. The Morgan fingerprint density at radius 3 is 2.20 bits per heavy atom. The van der Waals surface area contributed by atoms with Gasteiger partial charge in [0.2, 0.25) is 11.8 Å². The first-order valence-electron chi connectivity index (χ1n) is 6.82. The third kappa shape index (κ3) is 3.69. The molecule has 2 N–H and O–H groups in total. The molecule has 1 aliphatic heterocycles. The van der Waals surface area contributed by atoms with Crippen molar-refractivity contribution in [2.45, 2.75) is 32.2 Å². The normalized spacial score (nSPS) is 15.6. The van der Waals surface area contributed by atoms with Gasteiger partial charge in [-0.05, 0) is 30.5 Å². The van der Waals surface area contributed by atoms with E-state index in [-0.39, 0.29) is 11.8 Å². The molecule has 0 bridgehead atoms. The molecule has 4 nitrogen and oxygen atoms in total. The van der Waals surface area contributed by atoms with Gasteiger partial charge in [-0.1, -0.05) is 24.0 Å². The Kier molecular flexibility index (Phi) is 4.91. The van der Waals surface area contributed by atoms with E-state index in [0.717, 1.165) is 24.0 Å². The van der Waals surface area contributed by atoms with Crippen LogP contribution in [-0.2, 0) is 16.1 Å². The van der Waals surface area contributed by atoms with Gasteiger partial charge >= 0.3 is 0 Å². The average Bonchev–Trinajstić information content (AvgIpc) is 2.62. The summed E-state index contributed by atoms with van der Waals surface area (Å²) in [4.78, 5) is 25.2. The second kappa shape index (κ2) is 6.88. The van der Waals surface area contributed by atoms with Gasteiger partial charge in [0, 0.05) is 18.4 Å². The molecule has 1 aromatic rings. The zero-order valence-electron chi connectivity index (χ0n) is 11.4. The summed E-state index contributed by atoms with van der Waals surface area (Å²) in [6.07, 6.45) is 2.53. The number of nitrogens with two attached hydrogens (primary N) is 1. The molecule has 0 spiro atoms. The molecule has 4 heteroatoms. The minimum Gasteiger partial charge on any atom is -0.320 e. The third-order valence-electron chi connectivity index (χ3n) is 3.26. The summed E-state index contributed by atoms with van der Waals surface area (Å²) in [5, 5.41) is 0. The number of carbonyl (C=O) groups is 2. The van der Waals surface area contributed by atoms with Gasteiger partial charge in [0.25, 0.3) is 0 Å². The molecular weight excluding hydrogens is 252 g/mol. The molecule has 0 radical (unpaired) electrons. The summed E-state index contributed by atoms with van der Waals surface area (Å²) >= 11 is 0. The molecule has 2 rings (SSSR count). The molecule has 104 valence electrons. The standard InChI is InChI=1S/C16H18N2O2/c17-11-3-4-13-7-9-14(10-8-13)12-18-15(19)5-1-2-6-16(18)20/h7-10H,1-2,5-6,11-12,17H2. The average molecular weight is 270 g/mol. The van der Waals surface area contributed by atoms with Crippen LogP contribution < -0.4 is 5.73 Å². The van der Waals surface area contributed by atoms with Crippen molar-refractivity contribution in [1.29, 1.82) is 0 Å². The van der Waals surface area contributed by atoms with E-state index in [1.165, 1.54) is 4.90 Å². The van der Waals surface area contributed by atoms with Gasteiger partial charge in [0.15, 0.2) is 0 Å². The Morgan fingerprint density at radius 1 is 1.05 bits per heavy atom. The predicted molar refractivity (Wildman–Crippen MR) is 76.4 cm³/mol. The van der Waals surface area contributed by atoms with E-state index in [2.05, 4.69) is 11.8 Å². The van der Waals surface area contributed by atoms with Crippen molar-refractivity contribution in [3.05, 3.63) is 35.4 Å². The van der Waals surface area contributed by atoms with Crippen LogP contribution in [0.4, 0.5) is 0 Å². The number of nitrogens with zero attached hydrogens (tertiary/aromatic N) is 1. The van der Waals surface area contributed by atoms with Crippen LogP contribution in [0.1, 0.15) is 36.8 Å². The summed E-state index contributed by atoms with van der Waals surface area (Å²) in [5.41, 5.74) is 7.14. The van der Waals surface area contributed by atoms with Crippen LogP contribution in [0.2, 0.25) is 0 Å². The fourth-order valence-corrected chi connectivity index (χ4v) is 2.17. The number of likely N-dealkylation sites (tertiary alicyclic amines) is 1. The largest absolute Gasteiger partial charge is 0.320 e. The van der Waals surface area contributed by atoms with Crippen molar-refractivity contribution in [2.24, 2.45) is 5.73 Å². The summed E-state index contributed by atoms with van der Waals surface area (Å²) in [7, 11) is 0. The van der Waals surface area contributed by atoms with Crippen LogP contribution >= 0.6 is 0 Å². The van der Waals surface area contributed by atoms with E-state index in [9.17, 15) is 9.59 Å². The van der Waals surface area contributed by atoms with Gasteiger partial charge in [-0.2, -0.15) is 0 Å². The number of benzene rings is 1. The van der Waals surface area contributed by atoms with E-state index >= 15 is 0 Å². The number of rotatable bonds is 2. The quantitative estimate of drug-likeness (QED) is 0.653. The molecule has 1 heterocycles. The lowest BCUT2D eigenvalue weighted by atomic mass is 10.1. The van der Waals surface area contributed by atoms with E-state index in [1.54, 1.807) is 0 Å². The zero-order valence-corrected chi connectivity index (χ0v) is 11.4. The van der Waals surface area contributed by atoms with Crippen molar-refractivity contribution >= 4 is 11.8 Å². The molecular formula is C16H18N2O2. The van der Waals surface area contributed by atoms with Crippen LogP contribution in [0.15, 0.2) is 24.3 Å². The molecule has 1 saturated heterocycles. The Bertz CT molecular complexity index is 534. The van der Waals surface area contributed by atoms with E-state index < -0.39 is 0 Å². The fraction of sp³-hybridized carbons (Fsp3) is 0.375. The topological polar surface area (TPSA) is 63.4 Å². The Hall–Kier alpha value is -2.12. The Labute approximate surface area is 118 Å². The maximum absolute atomic E-state index is 11.9. The highest BCUT2D eigenvalue weighted by atomic mass is 16.2. The van der Waals surface area contributed by atoms with Gasteiger partial charge in [-0.15, -0.1) is 0 Å². The second-order valence-electron chi connectivity index (χ2n) is 4.78. The van der Waals surface area contributed by atoms with Crippen LogP contribution in [0, 0.1) is 11.8 Å². The van der Waals surface area contributed by atoms with Gasteiger partial charge in [-0.3, -0.25) is 14.5 Å². The lowest BCUT2D eigenvalue weighted by Gasteiger charge is -2.18. The van der Waals surface area contributed by atoms with E-state index in [1.807, 2.05) is 24.3 Å². The minimum absolute atomic E-state index is 0.0699. The van der Waals surface area contributed by atoms with Crippen LogP contribution in [0.3, 0.4) is 0 Å². The van der Waals surface area contributed by atoms with Crippen molar-refractivity contribution in [2.75, 3.05) is 6.54 Å². The van der Waals surface area contributed by atoms with E-state index in [4.69, 9.17) is 5.73 Å². The molecule has 0 saturated carbocycles. The van der Waals surface area contributed by atoms with Crippen LogP contribution in [0.5, 0.6) is 0 Å². The first-order valence-corrected chi connectivity index (χ1v) is 6.82. The van der Waals surface area contributed by atoms with Gasteiger partial charge in [0.05, 0.1) is 13.1 Å². The van der Waals surface area contributed by atoms with Crippen molar-refractivity contribution in [3.8, 4) is 11.8 Å². The first-order chi connectivity index (χ1) is 9.70. The summed E-state index contributed by atoms with van der Waals surface area (Å²) in [6.45, 7) is 0.681. The molecule has 1 aromatic carbocycles. The van der Waals surface area contributed by atoms with Crippen molar-refractivity contribution in [1.82, 2.24) is 4.90 Å². The van der Waals surface area contributed by atoms with Gasteiger partial charge in [-0.25, -0.2) is 0 Å². The summed E-state index contributed by atoms with van der Waals surface area (Å²) in [6, 6.07) is 7.55. The molecule has 1 fully saturated rings. The predicted octanol–water partition coefficient (Wildman–Crippen LogP) is 1.43. The highest BCUT2D eigenvalue weighted by Crippen LogP contribution is 2.16. The molecule has 0 aliphatic carbocycles. The lowest BCUT2D eigenvalue weighted by molar-refractivity contribution is -0.144. The Balaban J connectivity index is 2.08. The molecule has 20 heavy (non-hydrogen) atoms. The highest BCUT2D eigenvalue weighted by molar-refractivity contribution is 5.95. The summed E-state index contributed by atoms with van der Waals surface area (Å²) in [5.74, 6) is 5.59. The smallest absolute Gasteiger partial charge is 0.229 e. The zero-order chi connectivity index (χ0) is 14.4. The van der Waals surface area contributed by atoms with Gasteiger partial charge in [0.1, 0.15) is 0 Å². The van der Waals surface area contributed by atoms with Crippen molar-refractivity contribution in [3.63, 3.8) is 0 Å². The lowest BCUT2D eigenvalue weighted by Crippen LogP contribution is -2.34. The second-order valence-corrected chi connectivity index (χ2v) is 4.78. The molecule has 0 aromatic heterocycles. The molecule has 2 amide bonds. The SMILES string of the molecule is NCC#Cc1ccc(CN2C(=O)CCCCC2=O)cc1. The Morgan fingerprint density at radius 2 is 1.65 bits per heavy atom. The molecule has 0 unspecified atom stereocenters. The fourth-order valence-electron chi connectivity index (χ4n) is 2.17. The minimum atomic E-state index is -0.0699.